The largest absolute Gasteiger partial charge is 0.534 e. The summed E-state index contributed by atoms with van der Waals surface area (Å²) in [6.07, 6.45) is 2.55. The van der Waals surface area contributed by atoms with E-state index in [-0.39, 0.29) is 27.3 Å². The lowest BCUT2D eigenvalue weighted by Crippen LogP contribution is -2.28. The Morgan fingerprint density at radius 1 is 0.640 bits per heavy atom. The molecule has 15 heteroatoms. The first-order chi connectivity index (χ1) is 23.3. The Morgan fingerprint density at radius 2 is 1.04 bits per heavy atom. The highest BCUT2D eigenvalue weighted by Crippen LogP contribution is 2.43. The van der Waals surface area contributed by atoms with Crippen LogP contribution in [0.3, 0.4) is 0 Å². The van der Waals surface area contributed by atoms with Crippen LogP contribution in [-0.2, 0) is 20.3 Å². The van der Waals surface area contributed by atoms with E-state index >= 15 is 0 Å². The monoisotopic (exact) mass is 798 g/mol. The van der Waals surface area contributed by atoms with Crippen molar-refractivity contribution in [1.29, 1.82) is 0 Å². The molecule has 0 radical (unpaired) electrons. The van der Waals surface area contributed by atoms with Gasteiger partial charge in [0.25, 0.3) is 0 Å². The van der Waals surface area contributed by atoms with Crippen molar-refractivity contribution in [3.8, 4) is 23.0 Å². The number of Topliss-reactive ketones (excluding diaryl/α,β-unsaturated/α-hetero) is 1. The van der Waals surface area contributed by atoms with Crippen LogP contribution in [0.1, 0.15) is 64.5 Å². The lowest BCUT2D eigenvalue weighted by Gasteiger charge is -2.33. The molecule has 0 atom stereocenters. The first kappa shape index (κ1) is 44.7. The Morgan fingerprint density at radius 3 is 1.34 bits per heavy atom. The summed E-state index contributed by atoms with van der Waals surface area (Å²) >= 11 is 23.0. The third-order valence-corrected chi connectivity index (χ3v) is 9.37. The third kappa shape index (κ3) is 13.1. The molecule has 0 unspecified atom stereocenters. The van der Waals surface area contributed by atoms with E-state index in [1.54, 1.807) is 60.7 Å². The molecule has 0 aromatic heterocycles. The Kier molecular flexibility index (Phi) is 18.3. The highest BCUT2D eigenvalue weighted by molar-refractivity contribution is 7.88. The van der Waals surface area contributed by atoms with Crippen molar-refractivity contribution in [3.05, 3.63) is 116 Å². The summed E-state index contributed by atoms with van der Waals surface area (Å²) in [5.74, 6) is -0.0865. The molecule has 0 fully saturated rings. The highest BCUT2D eigenvalue weighted by atomic mass is 35.5. The number of rotatable bonds is 8. The molecule has 0 aliphatic rings. The van der Waals surface area contributed by atoms with Gasteiger partial charge in [-0.2, -0.15) is 21.6 Å². The molecule has 0 aliphatic heterocycles. The van der Waals surface area contributed by atoms with E-state index < -0.39 is 26.8 Å². The maximum atomic E-state index is 12.5. The minimum Gasteiger partial charge on any atom is -0.506 e. The fourth-order valence-electron chi connectivity index (χ4n) is 4.22. The molecule has 0 amide bonds. The van der Waals surface area contributed by atoms with Crippen LogP contribution in [0.15, 0.2) is 84.9 Å². The van der Waals surface area contributed by atoms with Gasteiger partial charge in [0.05, 0.1) is 20.1 Å². The van der Waals surface area contributed by atoms with Crippen molar-refractivity contribution < 1.29 is 45.9 Å². The summed E-state index contributed by atoms with van der Waals surface area (Å²) in [5, 5.41) is 27.9. The van der Waals surface area contributed by atoms with Crippen LogP contribution in [-0.4, -0.2) is 35.0 Å². The second-order valence-electron chi connectivity index (χ2n) is 10.2. The predicted molar refractivity (Wildman–Crippen MR) is 193 cm³/mol. The van der Waals surface area contributed by atoms with E-state index in [0.29, 0.717) is 47.1 Å². The SMILES string of the molecule is CCC(=O)CC.CCC(CC)(c1ccc(O)c(Cl)c1)c1ccc(OS(=O)(=O)C(F)(F)F)c(Cl)c1.Oc1ccccc1Cl.Oc1ccccc1Cl. The van der Waals surface area contributed by atoms with E-state index in [1.807, 2.05) is 27.7 Å². The number of phenols is 3. The lowest BCUT2D eigenvalue weighted by molar-refractivity contribution is -0.118. The molecular formula is C35H37Cl4F3O7S. The number of benzene rings is 4. The first-order valence-electron chi connectivity index (χ1n) is 15.0. The van der Waals surface area contributed by atoms with E-state index in [2.05, 4.69) is 4.18 Å². The smallest absolute Gasteiger partial charge is 0.506 e. The highest BCUT2D eigenvalue weighted by Gasteiger charge is 2.49. The number of halogens is 7. The van der Waals surface area contributed by atoms with Crippen molar-refractivity contribution in [2.75, 3.05) is 0 Å². The number of alkyl halides is 3. The van der Waals surface area contributed by atoms with Crippen LogP contribution in [0.2, 0.25) is 20.1 Å². The number of phenolic OH excluding ortho intramolecular Hbond substituents is 3. The maximum Gasteiger partial charge on any atom is 0.534 e. The summed E-state index contributed by atoms with van der Waals surface area (Å²) in [6.45, 7) is 7.59. The molecule has 4 aromatic rings. The number of carbonyl (C=O) groups excluding carboxylic acids is 1. The molecule has 274 valence electrons. The van der Waals surface area contributed by atoms with Crippen molar-refractivity contribution in [2.24, 2.45) is 0 Å². The zero-order valence-corrected chi connectivity index (χ0v) is 31.3. The van der Waals surface area contributed by atoms with E-state index in [1.165, 1.54) is 18.2 Å². The minimum absolute atomic E-state index is 0.0781. The number of carbonyl (C=O) groups is 1. The topological polar surface area (TPSA) is 121 Å². The second-order valence-corrected chi connectivity index (χ2v) is 13.4. The van der Waals surface area contributed by atoms with Crippen LogP contribution >= 0.6 is 46.4 Å². The Hall–Kier alpha value is -3.35. The Bertz CT molecular complexity index is 1710. The molecule has 4 rings (SSSR count). The summed E-state index contributed by atoms with van der Waals surface area (Å²) in [4.78, 5) is 10.2. The van der Waals surface area contributed by atoms with Gasteiger partial charge in [0, 0.05) is 18.3 Å². The van der Waals surface area contributed by atoms with Gasteiger partial charge >= 0.3 is 15.6 Å². The third-order valence-electron chi connectivity index (χ3n) is 7.17. The van der Waals surface area contributed by atoms with Crippen LogP contribution in [0.4, 0.5) is 13.2 Å². The summed E-state index contributed by atoms with van der Waals surface area (Å²) in [7, 11) is -5.82. The summed E-state index contributed by atoms with van der Waals surface area (Å²) < 4.78 is 64.2. The molecule has 7 nitrogen and oxygen atoms in total. The van der Waals surface area contributed by atoms with Gasteiger partial charge in [-0.1, -0.05) is 110 Å². The molecule has 0 spiro atoms. The maximum absolute atomic E-state index is 12.5. The zero-order valence-electron chi connectivity index (χ0n) is 27.4. The van der Waals surface area contributed by atoms with Gasteiger partial charge < -0.3 is 19.5 Å². The number of aromatic hydroxyl groups is 3. The van der Waals surface area contributed by atoms with Crippen LogP contribution < -0.4 is 4.18 Å². The fourth-order valence-corrected chi connectivity index (χ4v) is 5.42. The van der Waals surface area contributed by atoms with Gasteiger partial charge in [0.1, 0.15) is 23.0 Å². The molecule has 0 saturated heterocycles. The minimum atomic E-state index is -5.82. The molecule has 0 heterocycles. The lowest BCUT2D eigenvalue weighted by atomic mass is 9.70. The molecule has 50 heavy (non-hydrogen) atoms. The molecule has 0 bridgehead atoms. The first-order valence-corrected chi connectivity index (χ1v) is 17.9. The Labute approximate surface area is 310 Å². The molecule has 0 saturated carbocycles. The summed E-state index contributed by atoms with van der Waals surface area (Å²) in [5.41, 5.74) is -4.76. The van der Waals surface area contributed by atoms with Crippen molar-refractivity contribution in [1.82, 2.24) is 0 Å². The van der Waals surface area contributed by atoms with Gasteiger partial charge in [0.15, 0.2) is 5.75 Å². The fraction of sp³-hybridized carbons (Fsp3) is 0.286. The standard InChI is InChI=1S/C18H17Cl2F3O4S.2C6H5ClO.C5H10O/c1-3-17(4-2,11-5-7-15(24)13(19)9-11)12-6-8-16(14(20)10-12)27-28(25,26)18(21,22)23;2*7-5-3-1-2-4-6(5)8;1-3-5(6)4-2/h5-10,24H,3-4H2,1-2H3;2*1-4,8H;3-4H2,1-2H3. The van der Waals surface area contributed by atoms with E-state index in [4.69, 9.17) is 56.6 Å². The molecule has 4 aromatic carbocycles. The summed E-state index contributed by atoms with van der Waals surface area (Å²) in [6, 6.07) is 22.0. The van der Waals surface area contributed by atoms with Crippen molar-refractivity contribution >= 4 is 62.3 Å². The van der Waals surface area contributed by atoms with Gasteiger partial charge in [-0.15, -0.1) is 0 Å². The number of para-hydroxylation sites is 2. The van der Waals surface area contributed by atoms with Crippen molar-refractivity contribution in [2.45, 2.75) is 64.3 Å². The average molecular weight is 801 g/mol. The normalized spacial score (nSPS) is 11.1. The zero-order chi connectivity index (χ0) is 38.3. The van der Waals surface area contributed by atoms with Crippen LogP contribution in [0, 0.1) is 0 Å². The molecule has 0 aliphatic carbocycles. The number of ketones is 1. The van der Waals surface area contributed by atoms with Gasteiger partial charge in [-0.05, 0) is 72.5 Å². The van der Waals surface area contributed by atoms with E-state index in [9.17, 15) is 31.5 Å². The predicted octanol–water partition coefficient (Wildman–Crippen LogP) is 11.5. The van der Waals surface area contributed by atoms with Gasteiger partial charge in [0.2, 0.25) is 0 Å². The van der Waals surface area contributed by atoms with Crippen molar-refractivity contribution in [3.63, 3.8) is 0 Å². The van der Waals surface area contributed by atoms with E-state index in [0.717, 1.165) is 11.6 Å². The molecular weight excluding hydrogens is 763 g/mol. The number of hydrogen-bond donors (Lipinski definition) is 3. The Balaban J connectivity index is 0.000000453. The second kappa shape index (κ2) is 20.5. The van der Waals surface area contributed by atoms with Gasteiger partial charge in [-0.25, -0.2) is 0 Å². The van der Waals surface area contributed by atoms with Crippen LogP contribution in [0.5, 0.6) is 23.0 Å². The quantitative estimate of drug-likeness (QED) is 0.120. The van der Waals surface area contributed by atoms with Gasteiger partial charge in [-0.3, -0.25) is 4.79 Å². The molecule has 3 N–H and O–H groups in total. The number of hydrogen-bond acceptors (Lipinski definition) is 7. The average Bonchev–Trinajstić information content (AvgIpc) is 3.07. The van der Waals surface area contributed by atoms with Crippen LogP contribution in [0.25, 0.3) is 0 Å².